The molecule has 0 spiro atoms. The monoisotopic (exact) mass is 379 g/mol. The molecule has 2 aliphatic rings. The zero-order valence-corrected chi connectivity index (χ0v) is 16.1. The molecule has 1 aliphatic carbocycles. The SMILES string of the molecule is Cc1cccc(Cn2cccc(C(=O)N3CC(=O)NC4CCCCC43)c2=O)c1. The lowest BCUT2D eigenvalue weighted by Gasteiger charge is -2.43. The molecule has 2 unspecified atom stereocenters. The number of hydrogen-bond acceptors (Lipinski definition) is 3. The van der Waals surface area contributed by atoms with E-state index >= 15 is 0 Å². The third-order valence-corrected chi connectivity index (χ3v) is 5.74. The summed E-state index contributed by atoms with van der Waals surface area (Å²) in [6.45, 7) is 2.44. The maximum Gasteiger partial charge on any atom is 0.263 e. The van der Waals surface area contributed by atoms with E-state index in [4.69, 9.17) is 0 Å². The molecule has 1 aliphatic heterocycles. The Hall–Kier alpha value is -2.89. The van der Waals surface area contributed by atoms with Crippen molar-refractivity contribution in [1.29, 1.82) is 0 Å². The highest BCUT2D eigenvalue weighted by Gasteiger charge is 2.39. The first-order valence-corrected chi connectivity index (χ1v) is 9.88. The lowest BCUT2D eigenvalue weighted by molar-refractivity contribution is -0.127. The summed E-state index contributed by atoms with van der Waals surface area (Å²) in [6.07, 6.45) is 5.53. The second-order valence-corrected chi connectivity index (χ2v) is 7.80. The number of fused-ring (bicyclic) bond motifs is 1. The number of pyridine rings is 1. The minimum atomic E-state index is -0.338. The number of rotatable bonds is 3. The van der Waals surface area contributed by atoms with Crippen LogP contribution in [0.4, 0.5) is 0 Å². The van der Waals surface area contributed by atoms with E-state index in [-0.39, 0.29) is 41.6 Å². The zero-order chi connectivity index (χ0) is 19.7. The molecular weight excluding hydrogens is 354 g/mol. The smallest absolute Gasteiger partial charge is 0.263 e. The Bertz CT molecular complexity index is 965. The van der Waals surface area contributed by atoms with Gasteiger partial charge in [0.15, 0.2) is 0 Å². The molecular formula is C22H25N3O3. The maximum absolute atomic E-state index is 13.2. The maximum atomic E-state index is 13.2. The summed E-state index contributed by atoms with van der Waals surface area (Å²) in [5.74, 6) is -0.483. The van der Waals surface area contributed by atoms with Gasteiger partial charge in [0.2, 0.25) is 5.91 Å². The van der Waals surface area contributed by atoms with Gasteiger partial charge in [0.05, 0.1) is 12.6 Å². The second-order valence-electron chi connectivity index (χ2n) is 7.80. The van der Waals surface area contributed by atoms with E-state index in [1.807, 2.05) is 31.2 Å². The summed E-state index contributed by atoms with van der Waals surface area (Å²) in [6, 6.07) is 11.2. The number of aryl methyl sites for hydroxylation is 1. The van der Waals surface area contributed by atoms with Crippen molar-refractivity contribution < 1.29 is 9.59 Å². The predicted octanol–water partition coefficient (Wildman–Crippen LogP) is 2.09. The van der Waals surface area contributed by atoms with Gasteiger partial charge in [-0.2, -0.15) is 0 Å². The molecule has 6 nitrogen and oxygen atoms in total. The molecule has 0 radical (unpaired) electrons. The van der Waals surface area contributed by atoms with Crippen molar-refractivity contribution in [3.8, 4) is 0 Å². The molecule has 28 heavy (non-hydrogen) atoms. The van der Waals surface area contributed by atoms with Gasteiger partial charge in [-0.05, 0) is 37.5 Å². The first kappa shape index (κ1) is 18.5. The van der Waals surface area contributed by atoms with E-state index in [1.54, 1.807) is 27.8 Å². The van der Waals surface area contributed by atoms with E-state index in [9.17, 15) is 14.4 Å². The van der Waals surface area contributed by atoms with Gasteiger partial charge in [-0.25, -0.2) is 0 Å². The van der Waals surface area contributed by atoms with E-state index in [0.29, 0.717) is 6.54 Å². The van der Waals surface area contributed by atoms with Crippen LogP contribution in [0, 0.1) is 6.92 Å². The van der Waals surface area contributed by atoms with Crippen LogP contribution < -0.4 is 10.9 Å². The largest absolute Gasteiger partial charge is 0.350 e. The fraction of sp³-hybridized carbons (Fsp3) is 0.409. The van der Waals surface area contributed by atoms with Gasteiger partial charge in [0.25, 0.3) is 11.5 Å². The van der Waals surface area contributed by atoms with Crippen LogP contribution in [0.3, 0.4) is 0 Å². The molecule has 146 valence electrons. The lowest BCUT2D eigenvalue weighted by Crippen LogP contribution is -2.63. The van der Waals surface area contributed by atoms with Gasteiger partial charge in [-0.1, -0.05) is 42.7 Å². The summed E-state index contributed by atoms with van der Waals surface area (Å²) < 4.78 is 1.56. The average Bonchev–Trinajstić information content (AvgIpc) is 2.68. The van der Waals surface area contributed by atoms with E-state index in [0.717, 1.165) is 36.8 Å². The molecule has 1 aromatic heterocycles. The van der Waals surface area contributed by atoms with Crippen molar-refractivity contribution >= 4 is 11.8 Å². The van der Waals surface area contributed by atoms with Crippen LogP contribution in [0.2, 0.25) is 0 Å². The molecule has 2 heterocycles. The van der Waals surface area contributed by atoms with Crippen molar-refractivity contribution in [3.63, 3.8) is 0 Å². The third kappa shape index (κ3) is 3.59. The molecule has 2 fully saturated rings. The number of carbonyl (C=O) groups excluding carboxylic acids is 2. The Morgan fingerprint density at radius 2 is 1.96 bits per heavy atom. The Kier molecular flexibility index (Phi) is 5.03. The Labute approximate surface area is 164 Å². The number of amides is 2. The van der Waals surface area contributed by atoms with Gasteiger partial charge in [0.1, 0.15) is 12.1 Å². The number of benzene rings is 1. The molecule has 1 saturated carbocycles. The highest BCUT2D eigenvalue weighted by atomic mass is 16.2. The third-order valence-electron chi connectivity index (χ3n) is 5.74. The zero-order valence-electron chi connectivity index (χ0n) is 16.1. The molecule has 2 amide bonds. The van der Waals surface area contributed by atoms with Crippen molar-refractivity contribution in [3.05, 3.63) is 69.6 Å². The van der Waals surface area contributed by atoms with Crippen molar-refractivity contribution in [2.75, 3.05) is 6.54 Å². The predicted molar refractivity (Wildman–Crippen MR) is 106 cm³/mol. The van der Waals surface area contributed by atoms with Crippen LogP contribution >= 0.6 is 0 Å². The summed E-state index contributed by atoms with van der Waals surface area (Å²) in [5, 5.41) is 3.00. The molecule has 2 atom stereocenters. The number of carbonyl (C=O) groups is 2. The van der Waals surface area contributed by atoms with Crippen LogP contribution in [0.25, 0.3) is 0 Å². The van der Waals surface area contributed by atoms with Gasteiger partial charge >= 0.3 is 0 Å². The molecule has 2 aromatic rings. The summed E-state index contributed by atoms with van der Waals surface area (Å²) in [5.41, 5.74) is 1.96. The quantitative estimate of drug-likeness (QED) is 0.888. The molecule has 1 N–H and O–H groups in total. The van der Waals surface area contributed by atoms with Gasteiger partial charge in [-0.3, -0.25) is 14.4 Å². The van der Waals surface area contributed by atoms with Gasteiger partial charge < -0.3 is 14.8 Å². The Balaban J connectivity index is 1.62. The van der Waals surface area contributed by atoms with Crippen molar-refractivity contribution in [2.45, 2.75) is 51.2 Å². The normalized spacial score (nSPS) is 21.8. The van der Waals surface area contributed by atoms with E-state index in [1.165, 1.54) is 0 Å². The van der Waals surface area contributed by atoms with Crippen molar-refractivity contribution in [1.82, 2.24) is 14.8 Å². The number of piperazine rings is 1. The lowest BCUT2D eigenvalue weighted by atomic mass is 9.87. The molecule has 6 heteroatoms. The van der Waals surface area contributed by atoms with Crippen LogP contribution in [0.5, 0.6) is 0 Å². The number of nitrogens with zero attached hydrogens (tertiary/aromatic N) is 2. The summed E-state index contributed by atoms with van der Waals surface area (Å²) in [7, 11) is 0. The highest BCUT2D eigenvalue weighted by molar-refractivity contribution is 5.97. The topological polar surface area (TPSA) is 71.4 Å². The highest BCUT2D eigenvalue weighted by Crippen LogP contribution is 2.26. The van der Waals surface area contributed by atoms with Crippen LogP contribution in [-0.2, 0) is 11.3 Å². The summed E-state index contributed by atoms with van der Waals surface area (Å²) in [4.78, 5) is 39.9. The number of hydrogen-bond donors (Lipinski definition) is 1. The standard InChI is InChI=1S/C22H25N3O3/c1-15-6-4-7-16(12-15)13-24-11-5-8-17(21(24)27)22(28)25-14-20(26)23-18-9-2-3-10-19(18)25/h4-8,11-12,18-19H,2-3,9-10,13-14H2,1H3,(H,23,26). The Morgan fingerprint density at radius 1 is 1.14 bits per heavy atom. The van der Waals surface area contributed by atoms with Crippen molar-refractivity contribution in [2.24, 2.45) is 0 Å². The van der Waals surface area contributed by atoms with Gasteiger partial charge in [0, 0.05) is 12.2 Å². The first-order chi connectivity index (χ1) is 13.5. The van der Waals surface area contributed by atoms with E-state index < -0.39 is 0 Å². The first-order valence-electron chi connectivity index (χ1n) is 9.88. The summed E-state index contributed by atoms with van der Waals surface area (Å²) >= 11 is 0. The number of nitrogens with one attached hydrogen (secondary N) is 1. The van der Waals surface area contributed by atoms with E-state index in [2.05, 4.69) is 5.32 Å². The average molecular weight is 379 g/mol. The fourth-order valence-corrected chi connectivity index (χ4v) is 4.39. The van der Waals surface area contributed by atoms with Crippen LogP contribution in [0.1, 0.15) is 47.2 Å². The molecule has 1 saturated heterocycles. The minimum absolute atomic E-state index is 0.00261. The van der Waals surface area contributed by atoms with Gasteiger partial charge in [-0.15, -0.1) is 0 Å². The fourth-order valence-electron chi connectivity index (χ4n) is 4.39. The van der Waals surface area contributed by atoms with Crippen LogP contribution in [0.15, 0.2) is 47.4 Å². The second kappa shape index (κ2) is 7.62. The molecule has 1 aromatic carbocycles. The van der Waals surface area contributed by atoms with Crippen LogP contribution in [-0.4, -0.2) is 39.9 Å². The number of aromatic nitrogens is 1. The molecule has 0 bridgehead atoms. The molecule has 4 rings (SSSR count). The Morgan fingerprint density at radius 3 is 2.79 bits per heavy atom. The minimum Gasteiger partial charge on any atom is -0.350 e.